The second-order valence-corrected chi connectivity index (χ2v) is 8.24. The van der Waals surface area contributed by atoms with E-state index in [0.29, 0.717) is 15.6 Å². The molecule has 0 fully saturated rings. The van der Waals surface area contributed by atoms with Crippen LogP contribution in [0.4, 0.5) is 5.69 Å². The van der Waals surface area contributed by atoms with Crippen LogP contribution >= 0.6 is 11.3 Å². The standard InChI is InChI=1S/C21H19N7O3S/c1-10-4-5-13(6-11(10)2)27-19(30)14-7-23-21(32-14)12(3)26-20(31)17-16-18(25-9-24-17)28-15(29)8-22-16/h4-9,12H,1-3H3,(H,26,31)(H,27,30)(H,24,25,28,29)/t12-/m1/s1. The first-order valence-corrected chi connectivity index (χ1v) is 10.5. The number of nitrogens with one attached hydrogen (secondary N) is 3. The van der Waals surface area contributed by atoms with Gasteiger partial charge in [-0.1, -0.05) is 6.07 Å². The van der Waals surface area contributed by atoms with Crippen molar-refractivity contribution in [3.05, 3.63) is 74.0 Å². The van der Waals surface area contributed by atoms with Gasteiger partial charge in [0, 0.05) is 5.69 Å². The number of H-pyrrole nitrogens is 1. The minimum absolute atomic E-state index is 0.0300. The van der Waals surface area contributed by atoms with E-state index in [-0.39, 0.29) is 22.8 Å². The lowest BCUT2D eigenvalue weighted by atomic mass is 10.1. The number of hydrogen-bond acceptors (Lipinski definition) is 8. The van der Waals surface area contributed by atoms with E-state index in [0.717, 1.165) is 17.3 Å². The Morgan fingerprint density at radius 3 is 2.62 bits per heavy atom. The van der Waals surface area contributed by atoms with Crippen molar-refractivity contribution in [2.24, 2.45) is 0 Å². The van der Waals surface area contributed by atoms with Crippen LogP contribution in [0.15, 0.2) is 41.7 Å². The normalized spacial score (nSPS) is 11.8. The van der Waals surface area contributed by atoms with Gasteiger partial charge in [-0.3, -0.25) is 14.4 Å². The minimum Gasteiger partial charge on any atom is -0.342 e. The average Bonchev–Trinajstić information content (AvgIpc) is 3.26. The third-order valence-electron chi connectivity index (χ3n) is 4.82. The predicted molar refractivity (Wildman–Crippen MR) is 120 cm³/mol. The first-order chi connectivity index (χ1) is 15.3. The fourth-order valence-electron chi connectivity index (χ4n) is 2.96. The summed E-state index contributed by atoms with van der Waals surface area (Å²) in [5.74, 6) is -0.772. The van der Waals surface area contributed by atoms with Gasteiger partial charge in [0.25, 0.3) is 17.4 Å². The molecule has 0 saturated heterocycles. The van der Waals surface area contributed by atoms with Gasteiger partial charge in [-0.05, 0) is 44.0 Å². The van der Waals surface area contributed by atoms with E-state index in [4.69, 9.17) is 0 Å². The molecule has 0 saturated carbocycles. The molecule has 1 aromatic carbocycles. The topological polar surface area (TPSA) is 143 Å². The summed E-state index contributed by atoms with van der Waals surface area (Å²) in [5, 5.41) is 6.21. The lowest BCUT2D eigenvalue weighted by Gasteiger charge is -2.11. The van der Waals surface area contributed by atoms with E-state index in [1.165, 1.54) is 23.9 Å². The molecule has 162 valence electrons. The Hall–Kier alpha value is -3.99. The molecule has 4 rings (SSSR count). The maximum atomic E-state index is 12.7. The van der Waals surface area contributed by atoms with Crippen molar-refractivity contribution in [1.82, 2.24) is 30.2 Å². The van der Waals surface area contributed by atoms with Crippen molar-refractivity contribution < 1.29 is 9.59 Å². The van der Waals surface area contributed by atoms with Crippen molar-refractivity contribution >= 4 is 40.0 Å². The highest BCUT2D eigenvalue weighted by atomic mass is 32.1. The van der Waals surface area contributed by atoms with E-state index in [2.05, 4.69) is 35.6 Å². The van der Waals surface area contributed by atoms with Crippen molar-refractivity contribution in [1.29, 1.82) is 0 Å². The van der Waals surface area contributed by atoms with Crippen molar-refractivity contribution in [3.8, 4) is 0 Å². The quantitative estimate of drug-likeness (QED) is 0.425. The number of hydrogen-bond donors (Lipinski definition) is 3. The summed E-state index contributed by atoms with van der Waals surface area (Å²) in [4.78, 5) is 55.8. The molecule has 0 radical (unpaired) electrons. The highest BCUT2D eigenvalue weighted by molar-refractivity contribution is 7.13. The highest BCUT2D eigenvalue weighted by Crippen LogP contribution is 2.22. The van der Waals surface area contributed by atoms with Gasteiger partial charge in [-0.2, -0.15) is 0 Å². The molecule has 0 aliphatic heterocycles. The summed E-state index contributed by atoms with van der Waals surface area (Å²) in [6, 6.07) is 5.22. The van der Waals surface area contributed by atoms with Gasteiger partial charge >= 0.3 is 0 Å². The molecule has 0 aliphatic carbocycles. The molecular formula is C21H19N7O3S. The molecule has 4 aromatic rings. The summed E-state index contributed by atoms with van der Waals surface area (Å²) < 4.78 is 0. The Morgan fingerprint density at radius 2 is 1.84 bits per heavy atom. The van der Waals surface area contributed by atoms with Crippen LogP contribution in [0.3, 0.4) is 0 Å². The first-order valence-electron chi connectivity index (χ1n) is 9.67. The fraction of sp³-hybridized carbons (Fsp3) is 0.190. The Morgan fingerprint density at radius 1 is 1.03 bits per heavy atom. The van der Waals surface area contributed by atoms with Crippen LogP contribution in [0.2, 0.25) is 0 Å². The molecule has 32 heavy (non-hydrogen) atoms. The van der Waals surface area contributed by atoms with Crippen LogP contribution in [0.25, 0.3) is 11.2 Å². The van der Waals surface area contributed by atoms with Crippen molar-refractivity contribution in [2.75, 3.05) is 5.32 Å². The molecule has 0 bridgehead atoms. The SMILES string of the molecule is Cc1ccc(NC(=O)c2cnc([C@@H](C)NC(=O)c3ncnc4[nH]c(=O)cnc34)s2)cc1C. The first kappa shape index (κ1) is 21.2. The van der Waals surface area contributed by atoms with Gasteiger partial charge in [0.2, 0.25) is 0 Å². The molecular weight excluding hydrogens is 430 g/mol. The summed E-state index contributed by atoms with van der Waals surface area (Å²) in [6.07, 6.45) is 3.72. The third-order valence-corrected chi connectivity index (χ3v) is 6.00. The summed E-state index contributed by atoms with van der Waals surface area (Å²) in [6.45, 7) is 5.74. The maximum absolute atomic E-state index is 12.7. The van der Waals surface area contributed by atoms with E-state index >= 15 is 0 Å². The Bertz CT molecular complexity index is 1400. The lowest BCUT2D eigenvalue weighted by Crippen LogP contribution is -2.28. The number of aromatic nitrogens is 5. The van der Waals surface area contributed by atoms with E-state index < -0.39 is 17.5 Å². The molecule has 11 heteroatoms. The number of carbonyl (C=O) groups excluding carboxylic acids is 2. The van der Waals surface area contributed by atoms with Crippen LogP contribution in [0.1, 0.15) is 49.3 Å². The van der Waals surface area contributed by atoms with Crippen LogP contribution in [-0.2, 0) is 0 Å². The van der Waals surface area contributed by atoms with Crippen molar-refractivity contribution in [3.63, 3.8) is 0 Å². The number of fused-ring (bicyclic) bond motifs is 1. The third kappa shape index (κ3) is 4.37. The Kier molecular flexibility index (Phi) is 5.73. The fourth-order valence-corrected chi connectivity index (χ4v) is 3.78. The van der Waals surface area contributed by atoms with Gasteiger partial charge in [0.1, 0.15) is 21.7 Å². The highest BCUT2D eigenvalue weighted by Gasteiger charge is 2.20. The molecule has 3 aromatic heterocycles. The van der Waals surface area contributed by atoms with E-state index in [1.807, 2.05) is 32.0 Å². The second kappa shape index (κ2) is 8.63. The summed E-state index contributed by atoms with van der Waals surface area (Å²) in [7, 11) is 0. The molecule has 1 atom stereocenters. The number of amides is 2. The largest absolute Gasteiger partial charge is 0.342 e. The Balaban J connectivity index is 1.47. The molecule has 0 spiro atoms. The number of anilines is 1. The Labute approximate surface area is 186 Å². The molecule has 3 heterocycles. The molecule has 3 N–H and O–H groups in total. The summed E-state index contributed by atoms with van der Waals surface area (Å²) >= 11 is 1.18. The van der Waals surface area contributed by atoms with Crippen LogP contribution in [0.5, 0.6) is 0 Å². The average molecular weight is 449 g/mol. The number of thiazole rings is 1. The molecule has 2 amide bonds. The van der Waals surface area contributed by atoms with Gasteiger partial charge in [-0.25, -0.2) is 19.9 Å². The van der Waals surface area contributed by atoms with E-state index in [9.17, 15) is 14.4 Å². The number of aromatic amines is 1. The second-order valence-electron chi connectivity index (χ2n) is 7.18. The zero-order valence-corrected chi connectivity index (χ0v) is 18.3. The van der Waals surface area contributed by atoms with Gasteiger partial charge in [0.05, 0.1) is 18.4 Å². The molecule has 10 nitrogen and oxygen atoms in total. The number of benzene rings is 1. The zero-order chi connectivity index (χ0) is 22.8. The molecule has 0 aliphatic rings. The number of rotatable bonds is 5. The monoisotopic (exact) mass is 449 g/mol. The van der Waals surface area contributed by atoms with Gasteiger partial charge in [0.15, 0.2) is 11.3 Å². The summed E-state index contributed by atoms with van der Waals surface area (Å²) in [5.41, 5.74) is 2.89. The maximum Gasteiger partial charge on any atom is 0.272 e. The number of aryl methyl sites for hydroxylation is 2. The smallest absolute Gasteiger partial charge is 0.272 e. The van der Waals surface area contributed by atoms with Gasteiger partial charge < -0.3 is 15.6 Å². The van der Waals surface area contributed by atoms with Crippen LogP contribution in [-0.4, -0.2) is 36.7 Å². The predicted octanol–water partition coefficient (Wildman–Crippen LogP) is 2.53. The minimum atomic E-state index is -0.499. The molecule has 0 unspecified atom stereocenters. The number of nitrogens with zero attached hydrogens (tertiary/aromatic N) is 4. The van der Waals surface area contributed by atoms with Gasteiger partial charge in [-0.15, -0.1) is 11.3 Å². The van der Waals surface area contributed by atoms with Crippen molar-refractivity contribution in [2.45, 2.75) is 26.8 Å². The lowest BCUT2D eigenvalue weighted by molar-refractivity contribution is 0.0935. The van der Waals surface area contributed by atoms with Crippen LogP contribution in [0, 0.1) is 13.8 Å². The number of carbonyl (C=O) groups is 2. The zero-order valence-electron chi connectivity index (χ0n) is 17.5. The van der Waals surface area contributed by atoms with Crippen LogP contribution < -0.4 is 16.2 Å². The van der Waals surface area contributed by atoms with E-state index in [1.54, 1.807) is 6.92 Å².